The zero-order valence-corrected chi connectivity index (χ0v) is 21.8. The summed E-state index contributed by atoms with van der Waals surface area (Å²) in [5.74, 6) is 1.79. The Bertz CT molecular complexity index is 829. The topological polar surface area (TPSA) is 70.0 Å². The van der Waals surface area contributed by atoms with Gasteiger partial charge in [0.1, 0.15) is 5.75 Å². The number of carboxylic acid groups (broad SMARTS) is 1. The van der Waals surface area contributed by atoms with Crippen molar-refractivity contribution < 1.29 is 19.7 Å². The molecule has 1 amide bonds. The van der Waals surface area contributed by atoms with Crippen LogP contribution in [0.5, 0.6) is 5.75 Å². The smallest absolute Gasteiger partial charge is 0.408 e. The second-order valence-corrected chi connectivity index (χ2v) is 12.6. The fraction of sp³-hybridized carbons (Fsp3) is 0.750. The lowest BCUT2D eigenvalue weighted by Crippen LogP contribution is -2.63. The van der Waals surface area contributed by atoms with Gasteiger partial charge in [0.05, 0.1) is 18.2 Å². The first-order valence-corrected chi connectivity index (χ1v) is 12.7. The molecular weight excluding hydrogens is 414 g/mol. The number of fused-ring (bicyclic) bond motifs is 1. The summed E-state index contributed by atoms with van der Waals surface area (Å²) < 4.78 is 6.39. The number of aliphatic hydroxyl groups excluding tert-OH is 1. The number of carbonyl (C=O) groups is 1. The van der Waals surface area contributed by atoms with Crippen LogP contribution >= 0.6 is 0 Å². The molecule has 2 aliphatic carbocycles. The molecule has 0 saturated heterocycles. The molecule has 0 spiro atoms. The van der Waals surface area contributed by atoms with Gasteiger partial charge < -0.3 is 14.9 Å². The molecule has 0 heterocycles. The molecule has 1 saturated carbocycles. The molecule has 1 fully saturated rings. The summed E-state index contributed by atoms with van der Waals surface area (Å²) in [6.45, 7) is 14.4. The van der Waals surface area contributed by atoms with Crippen molar-refractivity contribution in [3.63, 3.8) is 0 Å². The maximum absolute atomic E-state index is 12.1. The number of rotatable bonds is 5. The molecule has 2 aliphatic rings. The Hall–Kier alpha value is -1.75. The molecule has 33 heavy (non-hydrogen) atoms. The van der Waals surface area contributed by atoms with Gasteiger partial charge in [-0.05, 0) is 113 Å². The molecule has 5 nitrogen and oxygen atoms in total. The molecule has 0 radical (unpaired) electrons. The SMILES string of the molecule is CC(C)(C)C1CCC(Oc2ccc3c(c2)CC[C@@H]([C@](C)(CO)N(C(=O)O)C(C)(C)C)C3)CC1. The van der Waals surface area contributed by atoms with Gasteiger partial charge in [0.15, 0.2) is 0 Å². The van der Waals surface area contributed by atoms with E-state index in [1.54, 1.807) is 0 Å². The molecule has 2 N–H and O–H groups in total. The first-order valence-electron chi connectivity index (χ1n) is 12.7. The van der Waals surface area contributed by atoms with Gasteiger partial charge in [-0.3, -0.25) is 4.90 Å². The van der Waals surface area contributed by atoms with Crippen LogP contribution in [0.4, 0.5) is 4.79 Å². The summed E-state index contributed by atoms with van der Waals surface area (Å²) >= 11 is 0. The van der Waals surface area contributed by atoms with E-state index in [9.17, 15) is 15.0 Å². The fourth-order valence-corrected chi connectivity index (χ4v) is 6.23. The Labute approximate surface area is 200 Å². The maximum Gasteiger partial charge on any atom is 0.408 e. The van der Waals surface area contributed by atoms with Gasteiger partial charge in [0.25, 0.3) is 0 Å². The van der Waals surface area contributed by atoms with E-state index in [0.717, 1.165) is 43.8 Å². The van der Waals surface area contributed by atoms with Crippen LogP contribution in [0.1, 0.15) is 91.7 Å². The number of nitrogens with zero attached hydrogens (tertiary/aromatic N) is 1. The van der Waals surface area contributed by atoms with Crippen LogP contribution in [0.25, 0.3) is 0 Å². The molecule has 0 unspecified atom stereocenters. The summed E-state index contributed by atoms with van der Waals surface area (Å²) in [4.78, 5) is 13.6. The van der Waals surface area contributed by atoms with Gasteiger partial charge in [-0.15, -0.1) is 0 Å². The lowest BCUT2D eigenvalue weighted by atomic mass is 9.71. The molecule has 186 valence electrons. The van der Waals surface area contributed by atoms with Gasteiger partial charge in [-0.2, -0.15) is 0 Å². The molecule has 1 aromatic rings. The van der Waals surface area contributed by atoms with Crippen molar-refractivity contribution in [1.82, 2.24) is 4.90 Å². The lowest BCUT2D eigenvalue weighted by molar-refractivity contribution is -0.0422. The van der Waals surface area contributed by atoms with Crippen molar-refractivity contribution in [1.29, 1.82) is 0 Å². The minimum atomic E-state index is -0.977. The highest BCUT2D eigenvalue weighted by Gasteiger charge is 2.47. The Morgan fingerprint density at radius 1 is 0.970 bits per heavy atom. The Morgan fingerprint density at radius 2 is 1.61 bits per heavy atom. The zero-order chi connectivity index (χ0) is 24.6. The summed E-state index contributed by atoms with van der Waals surface area (Å²) in [6.07, 6.45) is 6.51. The van der Waals surface area contributed by atoms with E-state index < -0.39 is 17.2 Å². The third kappa shape index (κ3) is 5.67. The number of benzene rings is 1. The molecule has 3 rings (SSSR count). The number of hydrogen-bond acceptors (Lipinski definition) is 3. The van der Waals surface area contributed by atoms with E-state index in [0.29, 0.717) is 11.5 Å². The summed E-state index contributed by atoms with van der Waals surface area (Å²) in [5.41, 5.74) is 1.49. The molecule has 0 aliphatic heterocycles. The highest BCUT2D eigenvalue weighted by atomic mass is 16.5. The number of amides is 1. The third-order valence-corrected chi connectivity index (χ3v) is 8.18. The number of hydrogen-bond donors (Lipinski definition) is 2. The van der Waals surface area contributed by atoms with E-state index in [2.05, 4.69) is 39.0 Å². The average molecular weight is 460 g/mol. The van der Waals surface area contributed by atoms with E-state index in [-0.39, 0.29) is 12.5 Å². The van der Waals surface area contributed by atoms with Gasteiger partial charge in [-0.1, -0.05) is 26.8 Å². The maximum atomic E-state index is 12.1. The normalized spacial score (nSPS) is 25.6. The van der Waals surface area contributed by atoms with Crippen molar-refractivity contribution in [2.75, 3.05) is 6.61 Å². The predicted octanol–water partition coefficient (Wildman–Crippen LogP) is 6.30. The first kappa shape index (κ1) is 25.9. The van der Waals surface area contributed by atoms with Crippen LogP contribution in [0.2, 0.25) is 0 Å². The van der Waals surface area contributed by atoms with Crippen molar-refractivity contribution in [2.45, 2.75) is 111 Å². The Kier molecular flexibility index (Phi) is 7.43. The summed E-state index contributed by atoms with van der Waals surface area (Å²) in [5, 5.41) is 20.3. The van der Waals surface area contributed by atoms with E-state index in [1.807, 2.05) is 27.7 Å². The molecule has 0 bridgehead atoms. The highest BCUT2D eigenvalue weighted by Crippen LogP contribution is 2.41. The highest BCUT2D eigenvalue weighted by molar-refractivity contribution is 5.67. The van der Waals surface area contributed by atoms with Crippen molar-refractivity contribution in [2.24, 2.45) is 17.3 Å². The Morgan fingerprint density at radius 3 is 2.12 bits per heavy atom. The van der Waals surface area contributed by atoms with Crippen LogP contribution in [-0.4, -0.2) is 45.0 Å². The minimum Gasteiger partial charge on any atom is -0.490 e. The molecule has 2 atom stereocenters. The van der Waals surface area contributed by atoms with Crippen LogP contribution in [0.3, 0.4) is 0 Å². The molecule has 5 heteroatoms. The van der Waals surface area contributed by atoms with Gasteiger partial charge in [0, 0.05) is 5.54 Å². The summed E-state index contributed by atoms with van der Waals surface area (Å²) in [6, 6.07) is 6.42. The van der Waals surface area contributed by atoms with E-state index in [4.69, 9.17) is 4.74 Å². The van der Waals surface area contributed by atoms with E-state index >= 15 is 0 Å². The van der Waals surface area contributed by atoms with Crippen LogP contribution in [-0.2, 0) is 12.8 Å². The Balaban J connectivity index is 1.70. The zero-order valence-electron chi connectivity index (χ0n) is 21.8. The lowest BCUT2D eigenvalue weighted by Gasteiger charge is -2.51. The molecule has 1 aromatic carbocycles. The third-order valence-electron chi connectivity index (χ3n) is 8.18. The van der Waals surface area contributed by atoms with Gasteiger partial charge in [-0.25, -0.2) is 4.79 Å². The van der Waals surface area contributed by atoms with E-state index in [1.165, 1.54) is 28.9 Å². The number of aryl methyl sites for hydroxylation is 1. The van der Waals surface area contributed by atoms with Crippen LogP contribution < -0.4 is 4.74 Å². The monoisotopic (exact) mass is 459 g/mol. The molecule has 0 aromatic heterocycles. The second kappa shape index (κ2) is 9.48. The predicted molar refractivity (Wildman–Crippen MR) is 133 cm³/mol. The van der Waals surface area contributed by atoms with Crippen LogP contribution in [0, 0.1) is 17.3 Å². The van der Waals surface area contributed by atoms with Gasteiger partial charge >= 0.3 is 6.09 Å². The largest absolute Gasteiger partial charge is 0.490 e. The summed E-state index contributed by atoms with van der Waals surface area (Å²) in [7, 11) is 0. The average Bonchev–Trinajstić information content (AvgIpc) is 2.71. The van der Waals surface area contributed by atoms with Crippen molar-refractivity contribution in [3.8, 4) is 5.75 Å². The second-order valence-electron chi connectivity index (χ2n) is 12.6. The minimum absolute atomic E-state index is 0.0600. The number of aliphatic hydroxyl groups is 1. The van der Waals surface area contributed by atoms with Gasteiger partial charge in [0.2, 0.25) is 0 Å². The van der Waals surface area contributed by atoms with Crippen molar-refractivity contribution >= 4 is 6.09 Å². The number of ether oxygens (including phenoxy) is 1. The van der Waals surface area contributed by atoms with Crippen molar-refractivity contribution in [3.05, 3.63) is 29.3 Å². The quantitative estimate of drug-likeness (QED) is 0.542. The fourth-order valence-electron chi connectivity index (χ4n) is 6.23. The molecular formula is C28H45NO4. The standard InChI is InChI=1S/C28H45NO4/c1-26(2,3)21-11-14-23(15-12-21)33-24-13-9-19-16-22(10-8-20(19)17-24)28(7,18-30)29(25(31)32)27(4,5)6/h9,13,17,21-23,30H,8,10-12,14-16,18H2,1-7H3,(H,31,32)/t21?,22-,23?,28+/m1/s1. The van der Waals surface area contributed by atoms with Crippen LogP contribution in [0.15, 0.2) is 18.2 Å². The first-order chi connectivity index (χ1) is 15.3.